The summed E-state index contributed by atoms with van der Waals surface area (Å²) >= 11 is 0. The fraction of sp³-hybridized carbons (Fsp3) is 0.350. The van der Waals surface area contributed by atoms with Gasteiger partial charge >= 0.3 is 5.97 Å². The summed E-state index contributed by atoms with van der Waals surface area (Å²) in [6.07, 6.45) is 3.33. The lowest BCUT2D eigenvalue weighted by molar-refractivity contribution is -0.175. The summed E-state index contributed by atoms with van der Waals surface area (Å²) in [4.78, 5) is 18.2. The molecule has 1 aliphatic heterocycles. The van der Waals surface area contributed by atoms with Crippen molar-refractivity contribution in [3.05, 3.63) is 71.8 Å². The van der Waals surface area contributed by atoms with Gasteiger partial charge in [0.2, 0.25) is 0 Å². The standard InChI is InChI=1S/C20H23NO2/c1-2-3-10-15-21-19(17-13-8-5-9-14-17)18(20(22)23-21)16-11-6-4-7-12-16/h4-9,11-14,18-19H,2-3,10,15H2,1H3. The monoisotopic (exact) mass is 309 g/mol. The predicted molar refractivity (Wildman–Crippen MR) is 90.7 cm³/mol. The molecule has 3 heteroatoms. The smallest absolute Gasteiger partial charge is 0.334 e. The van der Waals surface area contributed by atoms with Crippen molar-refractivity contribution in [2.24, 2.45) is 0 Å². The lowest BCUT2D eigenvalue weighted by Gasteiger charge is -2.24. The van der Waals surface area contributed by atoms with Crippen LogP contribution >= 0.6 is 0 Å². The van der Waals surface area contributed by atoms with Gasteiger partial charge in [-0.05, 0) is 17.5 Å². The van der Waals surface area contributed by atoms with Crippen molar-refractivity contribution in [3.63, 3.8) is 0 Å². The highest BCUT2D eigenvalue weighted by molar-refractivity contribution is 5.81. The van der Waals surface area contributed by atoms with Crippen LogP contribution in [0.25, 0.3) is 0 Å². The van der Waals surface area contributed by atoms with Gasteiger partial charge in [0.1, 0.15) is 5.92 Å². The van der Waals surface area contributed by atoms with E-state index < -0.39 is 0 Å². The van der Waals surface area contributed by atoms with Gasteiger partial charge in [0.25, 0.3) is 0 Å². The van der Waals surface area contributed by atoms with E-state index in [1.165, 1.54) is 0 Å². The average Bonchev–Trinajstić information content (AvgIpc) is 2.93. The summed E-state index contributed by atoms with van der Waals surface area (Å²) in [6.45, 7) is 2.96. The molecule has 120 valence electrons. The van der Waals surface area contributed by atoms with Crippen LogP contribution in [0.5, 0.6) is 0 Å². The largest absolute Gasteiger partial charge is 0.367 e. The first-order valence-corrected chi connectivity index (χ1v) is 8.39. The van der Waals surface area contributed by atoms with Crippen LogP contribution < -0.4 is 0 Å². The number of benzene rings is 2. The molecule has 2 unspecified atom stereocenters. The zero-order valence-electron chi connectivity index (χ0n) is 13.5. The molecule has 0 bridgehead atoms. The minimum absolute atomic E-state index is 0.0528. The minimum Gasteiger partial charge on any atom is -0.367 e. The summed E-state index contributed by atoms with van der Waals surface area (Å²) < 4.78 is 0. The topological polar surface area (TPSA) is 29.5 Å². The summed E-state index contributed by atoms with van der Waals surface area (Å²) in [6, 6.07) is 20.1. The maximum absolute atomic E-state index is 12.5. The third kappa shape index (κ3) is 3.45. The molecular weight excluding hydrogens is 286 g/mol. The second-order valence-electron chi connectivity index (χ2n) is 6.00. The Hall–Kier alpha value is -2.13. The Balaban J connectivity index is 1.92. The lowest BCUT2D eigenvalue weighted by Crippen LogP contribution is -2.25. The highest BCUT2D eigenvalue weighted by atomic mass is 16.7. The molecule has 3 rings (SSSR count). The first kappa shape index (κ1) is 15.8. The third-order valence-corrected chi connectivity index (χ3v) is 4.37. The van der Waals surface area contributed by atoms with Crippen LogP contribution in [0.15, 0.2) is 60.7 Å². The van der Waals surface area contributed by atoms with E-state index in [1.807, 2.05) is 53.6 Å². The van der Waals surface area contributed by atoms with E-state index in [2.05, 4.69) is 19.1 Å². The van der Waals surface area contributed by atoms with Gasteiger partial charge in [-0.25, -0.2) is 4.79 Å². The summed E-state index contributed by atoms with van der Waals surface area (Å²) in [5.74, 6) is -0.415. The Morgan fingerprint density at radius 3 is 2.13 bits per heavy atom. The number of nitrogens with zero attached hydrogens (tertiary/aromatic N) is 1. The zero-order chi connectivity index (χ0) is 16.1. The molecule has 0 N–H and O–H groups in total. The van der Waals surface area contributed by atoms with E-state index in [-0.39, 0.29) is 17.9 Å². The van der Waals surface area contributed by atoms with Gasteiger partial charge in [-0.15, -0.1) is 5.06 Å². The van der Waals surface area contributed by atoms with E-state index in [1.54, 1.807) is 0 Å². The maximum atomic E-state index is 12.5. The number of hydrogen-bond acceptors (Lipinski definition) is 3. The highest BCUT2D eigenvalue weighted by Gasteiger charge is 2.44. The molecule has 1 heterocycles. The van der Waals surface area contributed by atoms with E-state index >= 15 is 0 Å². The summed E-state index contributed by atoms with van der Waals surface area (Å²) in [5.41, 5.74) is 2.15. The Morgan fingerprint density at radius 2 is 1.52 bits per heavy atom. The van der Waals surface area contributed by atoms with Crippen molar-refractivity contribution >= 4 is 5.97 Å². The fourth-order valence-electron chi connectivity index (χ4n) is 3.21. The quantitative estimate of drug-likeness (QED) is 0.737. The molecular formula is C20H23NO2. The minimum atomic E-state index is -0.264. The number of carbonyl (C=O) groups excluding carboxylic acids is 1. The van der Waals surface area contributed by atoms with Crippen LogP contribution in [0.4, 0.5) is 0 Å². The number of hydroxylamine groups is 2. The van der Waals surface area contributed by atoms with Crippen LogP contribution in [-0.2, 0) is 9.63 Å². The lowest BCUT2D eigenvalue weighted by atomic mass is 9.87. The van der Waals surface area contributed by atoms with Crippen molar-refractivity contribution in [3.8, 4) is 0 Å². The van der Waals surface area contributed by atoms with Gasteiger partial charge in [-0.3, -0.25) is 0 Å². The number of hydrogen-bond donors (Lipinski definition) is 0. The predicted octanol–water partition coefficient (Wildman–Crippen LogP) is 4.48. The molecule has 2 atom stereocenters. The molecule has 0 saturated carbocycles. The molecule has 0 aliphatic carbocycles. The van der Waals surface area contributed by atoms with Crippen molar-refractivity contribution in [1.29, 1.82) is 0 Å². The fourth-order valence-corrected chi connectivity index (χ4v) is 3.21. The molecule has 1 saturated heterocycles. The van der Waals surface area contributed by atoms with Crippen molar-refractivity contribution < 1.29 is 9.63 Å². The zero-order valence-corrected chi connectivity index (χ0v) is 13.5. The third-order valence-electron chi connectivity index (χ3n) is 4.37. The molecule has 2 aromatic rings. The Bertz CT molecular complexity index is 627. The SMILES string of the molecule is CCCCCN1OC(=O)C(c2ccccc2)C1c1ccccc1. The first-order valence-electron chi connectivity index (χ1n) is 8.39. The number of rotatable bonds is 6. The summed E-state index contributed by atoms with van der Waals surface area (Å²) in [5, 5.41) is 1.88. The van der Waals surface area contributed by atoms with Crippen molar-refractivity contribution in [2.45, 2.75) is 38.1 Å². The normalized spacial score (nSPS) is 21.3. The van der Waals surface area contributed by atoms with Gasteiger partial charge in [0, 0.05) is 6.54 Å². The first-order chi connectivity index (χ1) is 11.3. The highest BCUT2D eigenvalue weighted by Crippen LogP contribution is 2.42. The molecule has 0 amide bonds. The van der Waals surface area contributed by atoms with Crippen LogP contribution in [-0.4, -0.2) is 17.6 Å². The van der Waals surface area contributed by atoms with Crippen LogP contribution in [0, 0.1) is 0 Å². The number of unbranched alkanes of at least 4 members (excludes halogenated alkanes) is 2. The van der Waals surface area contributed by atoms with E-state index in [4.69, 9.17) is 4.84 Å². The maximum Gasteiger partial charge on any atom is 0.334 e. The van der Waals surface area contributed by atoms with Crippen LogP contribution in [0.1, 0.15) is 49.3 Å². The average molecular weight is 309 g/mol. The van der Waals surface area contributed by atoms with Crippen LogP contribution in [0.3, 0.4) is 0 Å². The molecule has 1 aliphatic rings. The molecule has 1 fully saturated rings. The molecule has 23 heavy (non-hydrogen) atoms. The molecule has 3 nitrogen and oxygen atoms in total. The van der Waals surface area contributed by atoms with E-state index in [9.17, 15) is 4.79 Å². The second-order valence-corrected chi connectivity index (χ2v) is 6.00. The molecule has 0 radical (unpaired) electrons. The Morgan fingerprint density at radius 1 is 0.913 bits per heavy atom. The summed E-state index contributed by atoms with van der Waals surface area (Å²) in [7, 11) is 0. The molecule has 0 spiro atoms. The Kier molecular flexibility index (Phi) is 5.09. The molecule has 0 aromatic heterocycles. The Labute approximate surface area is 137 Å². The van der Waals surface area contributed by atoms with E-state index in [0.29, 0.717) is 0 Å². The van der Waals surface area contributed by atoms with Gasteiger partial charge in [0.05, 0.1) is 6.04 Å². The van der Waals surface area contributed by atoms with Gasteiger partial charge in [-0.2, -0.15) is 0 Å². The van der Waals surface area contributed by atoms with Crippen molar-refractivity contribution in [1.82, 2.24) is 5.06 Å². The van der Waals surface area contributed by atoms with Gasteiger partial charge in [-0.1, -0.05) is 80.4 Å². The van der Waals surface area contributed by atoms with Gasteiger partial charge in [0.15, 0.2) is 0 Å². The van der Waals surface area contributed by atoms with Gasteiger partial charge < -0.3 is 4.84 Å². The second kappa shape index (κ2) is 7.42. The number of carbonyl (C=O) groups is 1. The van der Waals surface area contributed by atoms with E-state index in [0.717, 1.165) is 36.9 Å². The van der Waals surface area contributed by atoms with Crippen LogP contribution in [0.2, 0.25) is 0 Å². The molecule has 2 aromatic carbocycles. The van der Waals surface area contributed by atoms with Crippen molar-refractivity contribution in [2.75, 3.05) is 6.54 Å².